The van der Waals surface area contributed by atoms with Gasteiger partial charge in [0.15, 0.2) is 0 Å². The number of halogens is 1. The normalized spacial score (nSPS) is 10.0. The number of rotatable bonds is 3. The maximum absolute atomic E-state index is 10.6. The third-order valence-electron chi connectivity index (χ3n) is 1.63. The van der Waals surface area contributed by atoms with Crippen LogP contribution in [-0.4, -0.2) is 10.7 Å². The van der Waals surface area contributed by atoms with Crippen molar-refractivity contribution >= 4 is 34.2 Å². The van der Waals surface area contributed by atoms with Crippen molar-refractivity contribution in [3.63, 3.8) is 0 Å². The summed E-state index contributed by atoms with van der Waals surface area (Å²) in [5, 5.41) is 10.6. The smallest absolute Gasteiger partial charge is 0.258 e. The average Bonchev–Trinajstić information content (AvgIpc) is 2.08. The van der Waals surface area contributed by atoms with E-state index in [1.54, 1.807) is 12.1 Å². The van der Waals surface area contributed by atoms with Crippen LogP contribution in [0.1, 0.15) is 5.56 Å². The van der Waals surface area contributed by atoms with E-state index in [9.17, 15) is 10.1 Å². The number of nitrogens with zero attached hydrogens (tertiary/aromatic N) is 1. The van der Waals surface area contributed by atoms with Crippen LogP contribution < -0.4 is 0 Å². The Labute approximate surface area is 89.8 Å². The first-order valence-electron chi connectivity index (χ1n) is 3.69. The number of aryl methyl sites for hydroxylation is 1. The number of thiol groups is 1. The van der Waals surface area contributed by atoms with Gasteiger partial charge in [0.2, 0.25) is 0 Å². The number of nitro benzene ring substituents is 1. The molecular weight excluding hydrogens is 254 g/mol. The lowest BCUT2D eigenvalue weighted by Crippen LogP contribution is -1.96. The van der Waals surface area contributed by atoms with E-state index >= 15 is 0 Å². The van der Waals surface area contributed by atoms with Gasteiger partial charge in [-0.05, 0) is 18.2 Å². The third-order valence-corrected chi connectivity index (χ3v) is 2.34. The van der Waals surface area contributed by atoms with E-state index in [0.717, 1.165) is 10.0 Å². The summed E-state index contributed by atoms with van der Waals surface area (Å²) in [5.74, 6) is 0.614. The zero-order chi connectivity index (χ0) is 9.84. The second-order valence-corrected chi connectivity index (χ2v) is 3.87. The van der Waals surface area contributed by atoms with E-state index < -0.39 is 0 Å². The quantitative estimate of drug-likeness (QED) is 0.517. The highest BCUT2D eigenvalue weighted by Gasteiger charge is 2.12. The van der Waals surface area contributed by atoms with Crippen LogP contribution in [0.3, 0.4) is 0 Å². The monoisotopic (exact) mass is 261 g/mol. The Balaban J connectivity index is 3.10. The van der Waals surface area contributed by atoms with Crippen molar-refractivity contribution in [3.05, 3.63) is 38.3 Å². The van der Waals surface area contributed by atoms with Crippen LogP contribution in [0.4, 0.5) is 5.69 Å². The van der Waals surface area contributed by atoms with E-state index in [2.05, 4.69) is 28.6 Å². The van der Waals surface area contributed by atoms with Crippen molar-refractivity contribution in [2.24, 2.45) is 0 Å². The van der Waals surface area contributed by atoms with Gasteiger partial charge >= 0.3 is 0 Å². The molecule has 1 aromatic carbocycles. The molecule has 0 fully saturated rings. The Morgan fingerprint density at radius 2 is 2.23 bits per heavy atom. The molecule has 0 spiro atoms. The Morgan fingerprint density at radius 3 is 2.77 bits per heavy atom. The van der Waals surface area contributed by atoms with Gasteiger partial charge in [0.1, 0.15) is 0 Å². The Kier molecular flexibility index (Phi) is 3.74. The average molecular weight is 262 g/mol. The van der Waals surface area contributed by atoms with Gasteiger partial charge < -0.3 is 0 Å². The highest BCUT2D eigenvalue weighted by Crippen LogP contribution is 2.23. The van der Waals surface area contributed by atoms with E-state index in [0.29, 0.717) is 12.2 Å². The summed E-state index contributed by atoms with van der Waals surface area (Å²) in [4.78, 5) is 10.2. The van der Waals surface area contributed by atoms with Crippen molar-refractivity contribution in [1.82, 2.24) is 0 Å². The molecule has 1 rings (SSSR count). The van der Waals surface area contributed by atoms with E-state index in [4.69, 9.17) is 0 Å². The van der Waals surface area contributed by atoms with Crippen LogP contribution in [0, 0.1) is 10.1 Å². The van der Waals surface area contributed by atoms with Crippen molar-refractivity contribution < 1.29 is 4.92 Å². The van der Waals surface area contributed by atoms with Crippen LogP contribution in [0.2, 0.25) is 0 Å². The van der Waals surface area contributed by atoms with Crippen molar-refractivity contribution in [3.8, 4) is 0 Å². The summed E-state index contributed by atoms with van der Waals surface area (Å²) in [6.45, 7) is 0. The van der Waals surface area contributed by atoms with E-state index in [1.807, 2.05) is 0 Å². The molecule has 0 atom stereocenters. The summed E-state index contributed by atoms with van der Waals surface area (Å²) in [5.41, 5.74) is 0.881. The lowest BCUT2D eigenvalue weighted by Gasteiger charge is -2.00. The molecule has 0 aromatic heterocycles. The predicted octanol–water partition coefficient (Wildman–Crippen LogP) is 2.83. The third kappa shape index (κ3) is 2.70. The lowest BCUT2D eigenvalue weighted by atomic mass is 10.1. The van der Waals surface area contributed by atoms with Crippen molar-refractivity contribution in [1.29, 1.82) is 0 Å². The number of nitro groups is 1. The maximum atomic E-state index is 10.6. The molecule has 0 aliphatic rings. The van der Waals surface area contributed by atoms with Crippen molar-refractivity contribution in [2.75, 3.05) is 5.75 Å². The first-order chi connectivity index (χ1) is 6.15. The van der Waals surface area contributed by atoms with Crippen molar-refractivity contribution in [2.45, 2.75) is 6.42 Å². The minimum Gasteiger partial charge on any atom is -0.258 e. The molecule has 13 heavy (non-hydrogen) atoms. The van der Waals surface area contributed by atoms with Crippen LogP contribution in [-0.2, 0) is 6.42 Å². The van der Waals surface area contributed by atoms with Gasteiger partial charge in [-0.25, -0.2) is 0 Å². The Morgan fingerprint density at radius 1 is 1.54 bits per heavy atom. The van der Waals surface area contributed by atoms with E-state index in [-0.39, 0.29) is 10.6 Å². The topological polar surface area (TPSA) is 43.1 Å². The molecule has 0 bridgehead atoms. The molecule has 3 nitrogen and oxygen atoms in total. The van der Waals surface area contributed by atoms with Gasteiger partial charge in [0.05, 0.1) is 4.92 Å². The number of hydrogen-bond donors (Lipinski definition) is 1. The summed E-state index contributed by atoms with van der Waals surface area (Å²) >= 11 is 7.23. The second-order valence-electron chi connectivity index (χ2n) is 2.50. The van der Waals surface area contributed by atoms with Gasteiger partial charge in [-0.1, -0.05) is 22.0 Å². The molecule has 0 N–H and O–H groups in total. The highest BCUT2D eigenvalue weighted by molar-refractivity contribution is 9.10. The molecule has 5 heteroatoms. The predicted molar refractivity (Wildman–Crippen MR) is 58.4 cm³/mol. The second kappa shape index (κ2) is 4.62. The fourth-order valence-corrected chi connectivity index (χ4v) is 1.63. The molecular formula is C8H8BrNO2S. The summed E-state index contributed by atoms with van der Waals surface area (Å²) in [6, 6.07) is 5.06. The van der Waals surface area contributed by atoms with Crippen LogP contribution in [0.15, 0.2) is 22.7 Å². The maximum Gasteiger partial charge on any atom is 0.273 e. The molecule has 0 heterocycles. The first kappa shape index (κ1) is 10.5. The first-order valence-corrected chi connectivity index (χ1v) is 5.11. The summed E-state index contributed by atoms with van der Waals surface area (Å²) in [7, 11) is 0. The zero-order valence-electron chi connectivity index (χ0n) is 6.74. The number of benzene rings is 1. The summed E-state index contributed by atoms with van der Waals surface area (Å²) < 4.78 is 0.724. The summed E-state index contributed by atoms with van der Waals surface area (Å²) in [6.07, 6.45) is 0.618. The molecule has 0 radical (unpaired) electrons. The van der Waals surface area contributed by atoms with Crippen LogP contribution >= 0.6 is 28.6 Å². The highest BCUT2D eigenvalue weighted by atomic mass is 79.9. The SMILES string of the molecule is O=[N+]([O-])c1cc(Br)ccc1CCS. The molecule has 70 valence electrons. The van der Waals surface area contributed by atoms with Gasteiger partial charge in [-0.3, -0.25) is 10.1 Å². The fraction of sp³-hybridized carbons (Fsp3) is 0.250. The van der Waals surface area contributed by atoms with E-state index in [1.165, 1.54) is 6.07 Å². The van der Waals surface area contributed by atoms with Crippen LogP contribution in [0.25, 0.3) is 0 Å². The fourth-order valence-electron chi connectivity index (χ4n) is 1.04. The number of hydrogen-bond acceptors (Lipinski definition) is 3. The Hall–Kier alpha value is -0.550. The molecule has 0 aliphatic carbocycles. The van der Waals surface area contributed by atoms with Gasteiger partial charge in [-0.15, -0.1) is 0 Å². The van der Waals surface area contributed by atoms with Gasteiger partial charge in [-0.2, -0.15) is 12.6 Å². The minimum absolute atomic E-state index is 0.156. The lowest BCUT2D eigenvalue weighted by molar-refractivity contribution is -0.385. The van der Waals surface area contributed by atoms with Gasteiger partial charge in [0, 0.05) is 16.1 Å². The zero-order valence-corrected chi connectivity index (χ0v) is 9.22. The molecule has 0 unspecified atom stereocenters. The molecule has 0 amide bonds. The van der Waals surface area contributed by atoms with Crippen LogP contribution in [0.5, 0.6) is 0 Å². The van der Waals surface area contributed by atoms with Gasteiger partial charge in [0.25, 0.3) is 5.69 Å². The standard InChI is InChI=1S/C8H8BrNO2S/c9-7-2-1-6(3-4-13)8(5-7)10(11)12/h1-2,5,13H,3-4H2. The minimum atomic E-state index is -0.371. The molecule has 0 saturated carbocycles. The molecule has 1 aromatic rings. The largest absolute Gasteiger partial charge is 0.273 e. The molecule has 0 aliphatic heterocycles. The molecule has 0 saturated heterocycles. The Bertz CT molecular complexity index is 330.